The SMILES string of the molecule is COc1cccc(-c2coc3cc(O)c4c(c3c2=O)OC(C)(C)C(O)C4)c1. The Hall–Kier alpha value is -2.99. The second-order valence-corrected chi connectivity index (χ2v) is 7.21. The Balaban J connectivity index is 2.01. The third-order valence-corrected chi connectivity index (χ3v) is 5.05. The lowest BCUT2D eigenvalue weighted by molar-refractivity contribution is -0.0406. The molecule has 0 aliphatic carbocycles. The minimum Gasteiger partial charge on any atom is -0.507 e. The number of ether oxygens (including phenoxy) is 2. The van der Waals surface area contributed by atoms with E-state index in [-0.39, 0.29) is 34.3 Å². The van der Waals surface area contributed by atoms with E-state index < -0.39 is 11.7 Å². The van der Waals surface area contributed by atoms with Crippen molar-refractivity contribution in [3.8, 4) is 28.4 Å². The minimum atomic E-state index is -0.897. The van der Waals surface area contributed by atoms with Gasteiger partial charge in [-0.15, -0.1) is 0 Å². The van der Waals surface area contributed by atoms with Gasteiger partial charge in [0.1, 0.15) is 40.1 Å². The fourth-order valence-corrected chi connectivity index (χ4v) is 3.35. The second-order valence-electron chi connectivity index (χ2n) is 7.21. The van der Waals surface area contributed by atoms with Crippen molar-refractivity contribution >= 4 is 11.0 Å². The van der Waals surface area contributed by atoms with Gasteiger partial charge >= 0.3 is 0 Å². The molecule has 2 aromatic carbocycles. The molecule has 2 heterocycles. The lowest BCUT2D eigenvalue weighted by Crippen LogP contribution is -2.46. The van der Waals surface area contributed by atoms with Crippen molar-refractivity contribution in [1.29, 1.82) is 0 Å². The van der Waals surface area contributed by atoms with Gasteiger partial charge in [-0.25, -0.2) is 0 Å². The van der Waals surface area contributed by atoms with Crippen LogP contribution >= 0.6 is 0 Å². The first-order valence-electron chi connectivity index (χ1n) is 8.63. The normalized spacial score (nSPS) is 18.0. The van der Waals surface area contributed by atoms with Gasteiger partial charge in [0.25, 0.3) is 0 Å². The van der Waals surface area contributed by atoms with E-state index in [1.165, 1.54) is 12.3 Å². The largest absolute Gasteiger partial charge is 0.507 e. The molecule has 0 bridgehead atoms. The Bertz CT molecular complexity index is 1100. The maximum atomic E-state index is 13.3. The van der Waals surface area contributed by atoms with E-state index in [4.69, 9.17) is 13.9 Å². The number of methoxy groups -OCH3 is 1. The van der Waals surface area contributed by atoms with Gasteiger partial charge in [-0.2, -0.15) is 0 Å². The number of aromatic hydroxyl groups is 1. The average Bonchev–Trinajstić information content (AvgIpc) is 2.63. The zero-order valence-corrected chi connectivity index (χ0v) is 15.3. The highest BCUT2D eigenvalue weighted by molar-refractivity contribution is 5.90. The van der Waals surface area contributed by atoms with Gasteiger partial charge in [0.05, 0.1) is 18.8 Å². The van der Waals surface area contributed by atoms with Crippen molar-refractivity contribution in [3.05, 3.63) is 52.4 Å². The number of hydrogen-bond donors (Lipinski definition) is 2. The number of fused-ring (bicyclic) bond motifs is 3. The standard InChI is InChI=1S/C21H20O6/c1-21(2)17(23)8-13-15(22)9-16-18(20(13)27-21)19(24)14(10-26-16)11-5-4-6-12(7-11)25-3/h4-7,9-10,17,22-23H,8H2,1-3H3. The van der Waals surface area contributed by atoms with Crippen molar-refractivity contribution in [2.45, 2.75) is 32.0 Å². The number of phenolic OH excluding ortho intramolecular Hbond substituents is 1. The van der Waals surface area contributed by atoms with E-state index >= 15 is 0 Å². The number of aliphatic hydroxyl groups is 1. The maximum absolute atomic E-state index is 13.3. The van der Waals surface area contributed by atoms with Crippen LogP contribution in [0.4, 0.5) is 0 Å². The summed E-state index contributed by atoms with van der Waals surface area (Å²) in [4.78, 5) is 13.3. The van der Waals surface area contributed by atoms with Gasteiger partial charge in [0.2, 0.25) is 5.43 Å². The fraction of sp³-hybridized carbons (Fsp3) is 0.286. The molecule has 0 saturated carbocycles. The smallest absolute Gasteiger partial charge is 0.204 e. The number of aliphatic hydroxyl groups excluding tert-OH is 1. The lowest BCUT2D eigenvalue weighted by atomic mass is 9.89. The fourth-order valence-electron chi connectivity index (χ4n) is 3.35. The molecule has 140 valence electrons. The van der Waals surface area contributed by atoms with Crippen LogP contribution in [0.15, 0.2) is 45.8 Å². The molecule has 0 spiro atoms. The molecular weight excluding hydrogens is 348 g/mol. The molecule has 1 aliphatic rings. The molecule has 1 unspecified atom stereocenters. The molecule has 0 fully saturated rings. The van der Waals surface area contributed by atoms with Crippen LogP contribution in [-0.4, -0.2) is 29.0 Å². The monoisotopic (exact) mass is 368 g/mol. The highest BCUT2D eigenvalue weighted by atomic mass is 16.5. The predicted octanol–water partition coefficient (Wildman–Crippen LogP) is 3.25. The summed E-state index contributed by atoms with van der Waals surface area (Å²) in [5, 5.41) is 20.9. The Morgan fingerprint density at radius 1 is 1.26 bits per heavy atom. The summed E-state index contributed by atoms with van der Waals surface area (Å²) >= 11 is 0. The van der Waals surface area contributed by atoms with Crippen LogP contribution in [0.25, 0.3) is 22.1 Å². The minimum absolute atomic E-state index is 0.0654. The molecule has 1 aromatic heterocycles. The third kappa shape index (κ3) is 2.73. The van der Waals surface area contributed by atoms with Crippen LogP contribution in [-0.2, 0) is 6.42 Å². The van der Waals surface area contributed by atoms with Crippen LogP contribution < -0.4 is 14.9 Å². The molecule has 2 N–H and O–H groups in total. The summed E-state index contributed by atoms with van der Waals surface area (Å²) in [6, 6.07) is 8.51. The predicted molar refractivity (Wildman–Crippen MR) is 101 cm³/mol. The van der Waals surface area contributed by atoms with Gasteiger partial charge in [0, 0.05) is 18.1 Å². The van der Waals surface area contributed by atoms with E-state index in [0.717, 1.165) is 0 Å². The van der Waals surface area contributed by atoms with Crippen LogP contribution in [0.3, 0.4) is 0 Å². The van der Waals surface area contributed by atoms with Crippen LogP contribution in [0.2, 0.25) is 0 Å². The first-order chi connectivity index (χ1) is 12.8. The van der Waals surface area contributed by atoms with Crippen LogP contribution in [0.5, 0.6) is 17.2 Å². The van der Waals surface area contributed by atoms with Gasteiger partial charge < -0.3 is 24.1 Å². The Labute approximate surface area is 155 Å². The molecule has 0 amide bonds. The summed E-state index contributed by atoms with van der Waals surface area (Å²) in [6.07, 6.45) is 0.753. The Morgan fingerprint density at radius 3 is 2.78 bits per heavy atom. The highest BCUT2D eigenvalue weighted by Crippen LogP contribution is 2.43. The molecule has 1 aliphatic heterocycles. The van der Waals surface area contributed by atoms with Crippen LogP contribution in [0, 0.1) is 0 Å². The lowest BCUT2D eigenvalue weighted by Gasteiger charge is -2.37. The van der Waals surface area contributed by atoms with Gasteiger partial charge in [-0.3, -0.25) is 4.79 Å². The van der Waals surface area contributed by atoms with Crippen molar-refractivity contribution in [1.82, 2.24) is 0 Å². The van der Waals surface area contributed by atoms with Gasteiger partial charge in [-0.05, 0) is 31.5 Å². The average molecular weight is 368 g/mol. The summed E-state index contributed by atoms with van der Waals surface area (Å²) in [5.41, 5.74) is 0.489. The van der Waals surface area contributed by atoms with Crippen molar-refractivity contribution in [2.75, 3.05) is 7.11 Å². The topological polar surface area (TPSA) is 89.1 Å². The Kier molecular flexibility index (Phi) is 3.89. The highest BCUT2D eigenvalue weighted by Gasteiger charge is 2.38. The molecule has 6 heteroatoms. The van der Waals surface area contributed by atoms with E-state index in [1.807, 2.05) is 0 Å². The third-order valence-electron chi connectivity index (χ3n) is 5.05. The zero-order chi connectivity index (χ0) is 19.3. The Morgan fingerprint density at radius 2 is 2.04 bits per heavy atom. The van der Waals surface area contributed by atoms with Crippen LogP contribution in [0.1, 0.15) is 19.4 Å². The summed E-state index contributed by atoms with van der Waals surface area (Å²) in [5.74, 6) is 0.823. The van der Waals surface area contributed by atoms with E-state index in [1.54, 1.807) is 45.2 Å². The first kappa shape index (κ1) is 17.4. The molecule has 3 aromatic rings. The molecule has 27 heavy (non-hydrogen) atoms. The molecule has 0 saturated heterocycles. The summed E-state index contributed by atoms with van der Waals surface area (Å²) < 4.78 is 16.8. The number of rotatable bonds is 2. The zero-order valence-electron chi connectivity index (χ0n) is 15.3. The molecule has 0 radical (unpaired) electrons. The summed E-state index contributed by atoms with van der Waals surface area (Å²) in [7, 11) is 1.56. The van der Waals surface area contributed by atoms with E-state index in [9.17, 15) is 15.0 Å². The molecular formula is C21H20O6. The van der Waals surface area contributed by atoms with E-state index in [2.05, 4.69) is 0 Å². The molecule has 6 nitrogen and oxygen atoms in total. The van der Waals surface area contributed by atoms with Gasteiger partial charge in [-0.1, -0.05) is 12.1 Å². The van der Waals surface area contributed by atoms with Crippen molar-refractivity contribution in [3.63, 3.8) is 0 Å². The number of hydrogen-bond acceptors (Lipinski definition) is 6. The van der Waals surface area contributed by atoms with E-state index in [0.29, 0.717) is 22.4 Å². The number of phenols is 1. The van der Waals surface area contributed by atoms with Crippen molar-refractivity contribution in [2.24, 2.45) is 0 Å². The van der Waals surface area contributed by atoms with Gasteiger partial charge in [0.15, 0.2) is 0 Å². The second kappa shape index (κ2) is 6.03. The molecule has 1 atom stereocenters. The maximum Gasteiger partial charge on any atom is 0.204 e. The molecule has 4 rings (SSSR count). The quantitative estimate of drug-likeness (QED) is 0.722. The van der Waals surface area contributed by atoms with Crippen molar-refractivity contribution < 1.29 is 24.1 Å². The first-order valence-corrected chi connectivity index (χ1v) is 8.63. The number of benzene rings is 2. The summed E-state index contributed by atoms with van der Waals surface area (Å²) in [6.45, 7) is 3.48.